The molecule has 20 heavy (non-hydrogen) atoms. The van der Waals surface area contributed by atoms with Crippen molar-refractivity contribution in [3.8, 4) is 0 Å². The number of rotatable bonds is 3. The second-order valence-corrected chi connectivity index (χ2v) is 7.29. The van der Waals surface area contributed by atoms with Gasteiger partial charge in [0.15, 0.2) is 0 Å². The van der Waals surface area contributed by atoms with Crippen molar-refractivity contribution in [3.05, 3.63) is 28.5 Å². The summed E-state index contributed by atoms with van der Waals surface area (Å²) in [4.78, 5) is 4.83. The maximum absolute atomic E-state index is 5.99. The lowest BCUT2D eigenvalue weighted by molar-refractivity contribution is 0.219. The van der Waals surface area contributed by atoms with E-state index in [1.54, 1.807) is 0 Å². The van der Waals surface area contributed by atoms with E-state index in [4.69, 9.17) is 16.6 Å². The van der Waals surface area contributed by atoms with Crippen molar-refractivity contribution in [2.75, 3.05) is 5.88 Å². The maximum atomic E-state index is 5.99. The van der Waals surface area contributed by atoms with Crippen LogP contribution in [0.5, 0.6) is 0 Å². The van der Waals surface area contributed by atoms with Gasteiger partial charge in [0, 0.05) is 22.3 Å². The van der Waals surface area contributed by atoms with Gasteiger partial charge < -0.3 is 4.57 Å². The highest BCUT2D eigenvalue weighted by Crippen LogP contribution is 2.38. The zero-order valence-corrected chi connectivity index (χ0v) is 14.2. The number of aromatic nitrogens is 2. The number of alkyl halides is 1. The number of aryl methyl sites for hydroxylation is 1. The first-order valence-corrected chi connectivity index (χ1v) is 8.70. The lowest BCUT2D eigenvalue weighted by Crippen LogP contribution is -2.33. The fourth-order valence-corrected chi connectivity index (χ4v) is 4.01. The molecule has 1 saturated carbocycles. The molecule has 0 saturated heterocycles. The third-order valence-corrected chi connectivity index (χ3v) is 5.16. The first kappa shape index (κ1) is 14.4. The molecule has 1 heterocycles. The molecule has 0 radical (unpaired) electrons. The molecule has 3 rings (SSSR count). The molecule has 108 valence electrons. The molecule has 0 amide bonds. The molecular weight excluding hydrogens is 336 g/mol. The van der Waals surface area contributed by atoms with Crippen LogP contribution in [-0.2, 0) is 12.0 Å². The predicted octanol–water partition coefficient (Wildman–Crippen LogP) is 5.26. The molecule has 1 aliphatic carbocycles. The van der Waals surface area contributed by atoms with E-state index in [1.165, 1.54) is 37.6 Å². The van der Waals surface area contributed by atoms with Gasteiger partial charge in [-0.1, -0.05) is 35.2 Å². The zero-order chi connectivity index (χ0) is 14.2. The van der Waals surface area contributed by atoms with Crippen molar-refractivity contribution < 1.29 is 0 Å². The van der Waals surface area contributed by atoms with E-state index in [0.29, 0.717) is 5.88 Å². The van der Waals surface area contributed by atoms with E-state index in [2.05, 4.69) is 45.6 Å². The number of hydrogen-bond acceptors (Lipinski definition) is 1. The van der Waals surface area contributed by atoms with Gasteiger partial charge in [-0.25, -0.2) is 4.98 Å². The van der Waals surface area contributed by atoms with Crippen LogP contribution in [0.25, 0.3) is 11.0 Å². The topological polar surface area (TPSA) is 17.8 Å². The fourth-order valence-electron chi connectivity index (χ4n) is 3.49. The van der Waals surface area contributed by atoms with Crippen LogP contribution in [0.15, 0.2) is 22.7 Å². The molecule has 2 aromatic rings. The highest BCUT2D eigenvalue weighted by Gasteiger charge is 2.32. The van der Waals surface area contributed by atoms with Gasteiger partial charge in [0.2, 0.25) is 0 Å². The number of halogens is 2. The molecule has 4 heteroatoms. The van der Waals surface area contributed by atoms with E-state index in [9.17, 15) is 0 Å². The Balaban J connectivity index is 2.17. The van der Waals surface area contributed by atoms with E-state index in [-0.39, 0.29) is 5.54 Å². The summed E-state index contributed by atoms with van der Waals surface area (Å²) in [5, 5.41) is 0. The quantitative estimate of drug-likeness (QED) is 0.687. The first-order chi connectivity index (χ1) is 9.64. The van der Waals surface area contributed by atoms with Crippen molar-refractivity contribution in [3.63, 3.8) is 0 Å². The van der Waals surface area contributed by atoms with Crippen LogP contribution in [-0.4, -0.2) is 15.4 Å². The van der Waals surface area contributed by atoms with Gasteiger partial charge in [-0.3, -0.25) is 0 Å². The molecule has 1 aromatic heterocycles. The Morgan fingerprint density at radius 2 is 2.05 bits per heavy atom. The van der Waals surface area contributed by atoms with Crippen molar-refractivity contribution in [1.29, 1.82) is 0 Å². The Morgan fingerprint density at radius 1 is 1.30 bits per heavy atom. The smallest absolute Gasteiger partial charge is 0.111 e. The summed E-state index contributed by atoms with van der Waals surface area (Å²) in [6, 6.07) is 6.40. The second kappa shape index (κ2) is 5.69. The summed E-state index contributed by atoms with van der Waals surface area (Å²) in [7, 11) is 0. The Kier molecular flexibility index (Phi) is 4.09. The minimum atomic E-state index is 0.197. The SMILES string of the molecule is CC1(n2c(CCCl)nc3cc(Br)ccc32)CCCCC1. The molecule has 0 spiro atoms. The van der Waals surface area contributed by atoms with Gasteiger partial charge in [-0.05, 0) is 38.0 Å². The van der Waals surface area contributed by atoms with E-state index in [1.807, 2.05) is 0 Å². The van der Waals surface area contributed by atoms with Gasteiger partial charge in [-0.15, -0.1) is 11.6 Å². The third kappa shape index (κ3) is 2.50. The first-order valence-electron chi connectivity index (χ1n) is 7.37. The molecule has 0 N–H and O–H groups in total. The molecule has 1 fully saturated rings. The Morgan fingerprint density at radius 3 is 2.75 bits per heavy atom. The molecule has 0 unspecified atom stereocenters. The predicted molar refractivity (Wildman–Crippen MR) is 88.6 cm³/mol. The van der Waals surface area contributed by atoms with E-state index < -0.39 is 0 Å². The minimum Gasteiger partial charge on any atom is -0.322 e. The summed E-state index contributed by atoms with van der Waals surface area (Å²) in [6.07, 6.45) is 7.30. The molecule has 1 aliphatic rings. The molecule has 0 atom stereocenters. The molecular formula is C16H20BrClN2. The van der Waals surface area contributed by atoms with Gasteiger partial charge in [0.05, 0.1) is 11.0 Å². The normalized spacial score (nSPS) is 18.6. The van der Waals surface area contributed by atoms with Crippen LogP contribution in [0.4, 0.5) is 0 Å². The number of benzene rings is 1. The monoisotopic (exact) mass is 354 g/mol. The Hall–Kier alpha value is -0.540. The van der Waals surface area contributed by atoms with E-state index in [0.717, 1.165) is 22.2 Å². The summed E-state index contributed by atoms with van der Waals surface area (Å²) < 4.78 is 3.55. The third-order valence-electron chi connectivity index (χ3n) is 4.47. The highest BCUT2D eigenvalue weighted by atomic mass is 79.9. The van der Waals surface area contributed by atoms with Crippen LogP contribution in [0.2, 0.25) is 0 Å². The molecule has 0 bridgehead atoms. The van der Waals surface area contributed by atoms with E-state index >= 15 is 0 Å². The molecule has 1 aromatic carbocycles. The van der Waals surface area contributed by atoms with Gasteiger partial charge >= 0.3 is 0 Å². The Labute approximate surface area is 133 Å². The Bertz CT molecular complexity index is 614. The minimum absolute atomic E-state index is 0.197. The highest BCUT2D eigenvalue weighted by molar-refractivity contribution is 9.10. The molecule has 2 nitrogen and oxygen atoms in total. The van der Waals surface area contributed by atoms with Crippen LogP contribution in [0.1, 0.15) is 44.9 Å². The van der Waals surface area contributed by atoms with Crippen molar-refractivity contribution in [2.24, 2.45) is 0 Å². The second-order valence-electron chi connectivity index (χ2n) is 5.99. The van der Waals surface area contributed by atoms with Crippen LogP contribution >= 0.6 is 27.5 Å². The average molecular weight is 356 g/mol. The zero-order valence-electron chi connectivity index (χ0n) is 11.8. The lowest BCUT2D eigenvalue weighted by Gasteiger charge is -2.37. The van der Waals surface area contributed by atoms with Crippen LogP contribution < -0.4 is 0 Å². The standard InChI is InChI=1S/C16H20BrClN2/c1-16(8-3-2-4-9-16)20-14-6-5-12(17)11-13(14)19-15(20)7-10-18/h5-6,11H,2-4,7-10H2,1H3. The number of fused-ring (bicyclic) bond motifs is 1. The lowest BCUT2D eigenvalue weighted by atomic mass is 9.82. The van der Waals surface area contributed by atoms with Gasteiger partial charge in [-0.2, -0.15) is 0 Å². The number of nitrogens with zero attached hydrogens (tertiary/aromatic N) is 2. The average Bonchev–Trinajstić information content (AvgIpc) is 2.77. The van der Waals surface area contributed by atoms with Gasteiger partial charge in [0.25, 0.3) is 0 Å². The summed E-state index contributed by atoms with van der Waals surface area (Å²) in [6.45, 7) is 2.38. The van der Waals surface area contributed by atoms with Crippen LogP contribution in [0.3, 0.4) is 0 Å². The molecule has 0 aliphatic heterocycles. The van der Waals surface area contributed by atoms with Crippen LogP contribution in [0, 0.1) is 0 Å². The summed E-state index contributed by atoms with van der Waals surface area (Å²) >= 11 is 9.53. The van der Waals surface area contributed by atoms with Crippen molar-refractivity contribution >= 4 is 38.6 Å². The summed E-state index contributed by atoms with van der Waals surface area (Å²) in [5.41, 5.74) is 2.52. The number of hydrogen-bond donors (Lipinski definition) is 0. The maximum Gasteiger partial charge on any atom is 0.111 e. The largest absolute Gasteiger partial charge is 0.322 e. The van der Waals surface area contributed by atoms with Crippen molar-refractivity contribution in [1.82, 2.24) is 9.55 Å². The van der Waals surface area contributed by atoms with Gasteiger partial charge in [0.1, 0.15) is 5.82 Å². The van der Waals surface area contributed by atoms with Crippen molar-refractivity contribution in [2.45, 2.75) is 51.0 Å². The fraction of sp³-hybridized carbons (Fsp3) is 0.562. The number of imidazole rings is 1. The summed E-state index contributed by atoms with van der Waals surface area (Å²) in [5.74, 6) is 1.76.